The molecule has 4 aromatic rings. The number of ether oxygens (including phenoxy) is 2. The van der Waals surface area contributed by atoms with Crippen molar-refractivity contribution < 1.29 is 14.3 Å². The van der Waals surface area contributed by atoms with E-state index >= 15 is 0 Å². The number of rotatable bonds is 8. The summed E-state index contributed by atoms with van der Waals surface area (Å²) in [5, 5.41) is 11.9. The van der Waals surface area contributed by atoms with Crippen molar-refractivity contribution in [1.82, 2.24) is 19.6 Å². The zero-order valence-corrected chi connectivity index (χ0v) is 25.1. The molecule has 0 spiro atoms. The van der Waals surface area contributed by atoms with E-state index in [2.05, 4.69) is 38.5 Å². The van der Waals surface area contributed by atoms with E-state index in [-0.39, 0.29) is 11.9 Å². The zero-order chi connectivity index (χ0) is 29.9. The average Bonchev–Trinajstić information content (AvgIpc) is 3.45. The summed E-state index contributed by atoms with van der Waals surface area (Å²) in [7, 11) is 1.64. The van der Waals surface area contributed by atoms with Crippen molar-refractivity contribution in [3.05, 3.63) is 77.9 Å². The Kier molecular flexibility index (Phi) is 8.33. The van der Waals surface area contributed by atoms with Crippen LogP contribution in [-0.4, -0.2) is 51.4 Å². The van der Waals surface area contributed by atoms with Crippen LogP contribution in [0.25, 0.3) is 5.65 Å². The number of hydrogen-bond donors (Lipinski definition) is 2. The van der Waals surface area contributed by atoms with Crippen molar-refractivity contribution >= 4 is 34.6 Å². The molecule has 1 aromatic carbocycles. The molecule has 10 heteroatoms. The number of nitrogens with one attached hydrogen (secondary N) is 2. The summed E-state index contributed by atoms with van der Waals surface area (Å²) in [6.07, 6.45) is 7.84. The average molecular weight is 570 g/mol. The summed E-state index contributed by atoms with van der Waals surface area (Å²) in [6.45, 7) is 11.3. The Morgan fingerprint density at radius 1 is 1.14 bits per heavy atom. The molecule has 4 heterocycles. The highest BCUT2D eigenvalue weighted by molar-refractivity contribution is 5.90. The van der Waals surface area contributed by atoms with Gasteiger partial charge in [-0.2, -0.15) is 0 Å². The van der Waals surface area contributed by atoms with E-state index in [4.69, 9.17) is 14.6 Å². The van der Waals surface area contributed by atoms with Crippen LogP contribution in [0.1, 0.15) is 56.6 Å². The Bertz CT molecular complexity index is 1590. The Hall–Kier alpha value is -4.60. The fraction of sp³-hybridized carbons (Fsp3) is 0.375. The second kappa shape index (κ2) is 12.1. The topological polar surface area (TPSA) is 106 Å². The lowest BCUT2D eigenvalue weighted by molar-refractivity contribution is 0.00695. The number of methoxy groups -OCH3 is 1. The van der Waals surface area contributed by atoms with E-state index in [9.17, 15) is 4.79 Å². The molecular weight excluding hydrogens is 530 g/mol. The van der Waals surface area contributed by atoms with Crippen LogP contribution in [0.4, 0.5) is 23.0 Å². The van der Waals surface area contributed by atoms with Crippen molar-refractivity contribution in [3.8, 4) is 5.75 Å². The fourth-order valence-corrected chi connectivity index (χ4v) is 5.16. The second-order valence-corrected chi connectivity index (χ2v) is 11.5. The van der Waals surface area contributed by atoms with Gasteiger partial charge in [-0.25, -0.2) is 19.3 Å². The molecule has 5 rings (SSSR count). The summed E-state index contributed by atoms with van der Waals surface area (Å²) in [5.74, 6) is 2.29. The summed E-state index contributed by atoms with van der Waals surface area (Å²) >= 11 is 0. The summed E-state index contributed by atoms with van der Waals surface area (Å²) in [5.41, 5.74) is 4.45. The van der Waals surface area contributed by atoms with E-state index < -0.39 is 5.60 Å². The molecular formula is C32H39N7O3. The standard InChI is InChI=1S/C32H39N7O3/c1-7-25(35-24-12-10-22(11-13-24)31(40)42-32(3,4)5)23-9-8-17-38(20-23)29-19-26(30-33-16-18-39(30)37-29)36-28-15-14-27(41-6)21(2)34-28/h7,10-16,18-19,23,35H,8-9,17,20H2,1-6H3,(H,34,36). The van der Waals surface area contributed by atoms with Gasteiger partial charge in [-0.05, 0) is 83.9 Å². The second-order valence-electron chi connectivity index (χ2n) is 11.5. The number of allylic oxidation sites excluding steroid dienone is 1. The highest BCUT2D eigenvalue weighted by Gasteiger charge is 2.25. The van der Waals surface area contributed by atoms with Crippen LogP contribution in [0.5, 0.6) is 5.75 Å². The molecule has 1 unspecified atom stereocenters. The number of aryl methyl sites for hydroxylation is 1. The number of esters is 1. The summed E-state index contributed by atoms with van der Waals surface area (Å²) < 4.78 is 12.7. The third-order valence-electron chi connectivity index (χ3n) is 7.17. The van der Waals surface area contributed by atoms with Crippen molar-refractivity contribution in [3.63, 3.8) is 0 Å². The van der Waals surface area contributed by atoms with Crippen LogP contribution < -0.4 is 20.3 Å². The number of aromatic nitrogens is 4. The van der Waals surface area contributed by atoms with Gasteiger partial charge in [0.05, 0.1) is 24.1 Å². The van der Waals surface area contributed by atoms with E-state index in [0.717, 1.165) is 65.9 Å². The fourth-order valence-electron chi connectivity index (χ4n) is 5.16. The molecule has 10 nitrogen and oxygen atoms in total. The van der Waals surface area contributed by atoms with Gasteiger partial charge in [-0.1, -0.05) is 6.08 Å². The van der Waals surface area contributed by atoms with E-state index in [1.807, 2.05) is 64.2 Å². The maximum Gasteiger partial charge on any atom is 0.338 e. The lowest BCUT2D eigenvalue weighted by Gasteiger charge is -2.35. The number of benzene rings is 1. The van der Waals surface area contributed by atoms with Gasteiger partial charge < -0.3 is 25.0 Å². The first-order valence-corrected chi connectivity index (χ1v) is 14.3. The maximum atomic E-state index is 12.4. The van der Waals surface area contributed by atoms with Crippen molar-refractivity contribution in [2.45, 2.75) is 53.1 Å². The molecule has 0 bridgehead atoms. The minimum atomic E-state index is -0.529. The molecule has 0 aliphatic carbocycles. The van der Waals surface area contributed by atoms with Crippen LogP contribution in [-0.2, 0) is 4.74 Å². The minimum absolute atomic E-state index is 0.289. The molecule has 1 aliphatic rings. The Labute approximate surface area is 246 Å². The quantitative estimate of drug-likeness (QED) is 0.234. The Balaban J connectivity index is 1.31. The van der Waals surface area contributed by atoms with E-state index in [0.29, 0.717) is 11.4 Å². The minimum Gasteiger partial charge on any atom is -0.495 e. The number of pyridine rings is 1. The predicted octanol–water partition coefficient (Wildman–Crippen LogP) is 6.37. The molecule has 1 atom stereocenters. The zero-order valence-electron chi connectivity index (χ0n) is 25.1. The van der Waals surface area contributed by atoms with Crippen molar-refractivity contribution in [2.24, 2.45) is 5.92 Å². The van der Waals surface area contributed by atoms with Crippen LogP contribution in [0.15, 0.2) is 66.6 Å². The maximum absolute atomic E-state index is 12.4. The SMILES string of the molecule is CC=C(Nc1ccc(C(=O)OC(C)(C)C)cc1)C1CCCN(c2cc(Nc3ccc(OC)c(C)n3)c3nccn3n2)C1. The van der Waals surface area contributed by atoms with Crippen LogP contribution >= 0.6 is 0 Å². The third-order valence-corrected chi connectivity index (χ3v) is 7.17. The molecule has 42 heavy (non-hydrogen) atoms. The number of carbonyl (C=O) groups is 1. The highest BCUT2D eigenvalue weighted by Crippen LogP contribution is 2.31. The largest absolute Gasteiger partial charge is 0.495 e. The monoisotopic (exact) mass is 569 g/mol. The first-order valence-electron chi connectivity index (χ1n) is 14.3. The van der Waals surface area contributed by atoms with Crippen LogP contribution in [0.3, 0.4) is 0 Å². The van der Waals surface area contributed by atoms with Crippen molar-refractivity contribution in [1.29, 1.82) is 0 Å². The molecule has 3 aromatic heterocycles. The number of nitrogens with zero attached hydrogens (tertiary/aromatic N) is 5. The first kappa shape index (κ1) is 28.9. The van der Waals surface area contributed by atoms with Crippen LogP contribution in [0.2, 0.25) is 0 Å². The number of carbonyl (C=O) groups excluding carboxylic acids is 1. The molecule has 0 radical (unpaired) electrons. The number of piperidine rings is 1. The summed E-state index contributed by atoms with van der Waals surface area (Å²) in [6, 6.07) is 13.3. The van der Waals surface area contributed by atoms with Gasteiger partial charge in [0.1, 0.15) is 17.2 Å². The number of imidazole rings is 1. The van der Waals surface area contributed by atoms with Gasteiger partial charge in [-0.3, -0.25) is 0 Å². The molecule has 220 valence electrons. The molecule has 1 aliphatic heterocycles. The Morgan fingerprint density at radius 3 is 2.62 bits per heavy atom. The Morgan fingerprint density at radius 2 is 1.93 bits per heavy atom. The van der Waals surface area contributed by atoms with Gasteiger partial charge >= 0.3 is 5.97 Å². The summed E-state index contributed by atoms with van der Waals surface area (Å²) in [4.78, 5) is 23.9. The third kappa shape index (κ3) is 6.64. The smallest absolute Gasteiger partial charge is 0.338 e. The van der Waals surface area contributed by atoms with Gasteiger partial charge in [-0.15, -0.1) is 5.10 Å². The number of hydrogen-bond acceptors (Lipinski definition) is 9. The number of fused-ring (bicyclic) bond motifs is 1. The predicted molar refractivity (Wildman–Crippen MR) is 166 cm³/mol. The number of anilines is 4. The normalized spacial score (nSPS) is 15.9. The molecule has 1 fully saturated rings. The van der Waals surface area contributed by atoms with E-state index in [1.165, 1.54) is 0 Å². The van der Waals surface area contributed by atoms with Gasteiger partial charge in [0.25, 0.3) is 0 Å². The molecule has 1 saturated heterocycles. The molecule has 0 amide bonds. The molecule has 2 N–H and O–H groups in total. The lowest BCUT2D eigenvalue weighted by atomic mass is 9.94. The first-order chi connectivity index (χ1) is 20.1. The van der Waals surface area contributed by atoms with Crippen LogP contribution in [0, 0.1) is 12.8 Å². The van der Waals surface area contributed by atoms with E-state index in [1.54, 1.807) is 30.0 Å². The van der Waals surface area contributed by atoms with Gasteiger partial charge in [0.15, 0.2) is 11.5 Å². The lowest BCUT2D eigenvalue weighted by Crippen LogP contribution is -2.38. The highest BCUT2D eigenvalue weighted by atomic mass is 16.6. The van der Waals surface area contributed by atoms with Gasteiger partial charge in [0.2, 0.25) is 0 Å². The molecule has 0 saturated carbocycles. The van der Waals surface area contributed by atoms with Crippen molar-refractivity contribution in [2.75, 3.05) is 35.7 Å². The van der Waals surface area contributed by atoms with Gasteiger partial charge in [0, 0.05) is 48.9 Å².